The van der Waals surface area contributed by atoms with Gasteiger partial charge in [0.1, 0.15) is 0 Å². The molecule has 1 aromatic rings. The van der Waals surface area contributed by atoms with Crippen LogP contribution in [-0.2, 0) is 11.0 Å². The van der Waals surface area contributed by atoms with Gasteiger partial charge in [-0.1, -0.05) is 19.1 Å². The van der Waals surface area contributed by atoms with E-state index in [4.69, 9.17) is 5.11 Å². The summed E-state index contributed by atoms with van der Waals surface area (Å²) in [5.74, 6) is -2.86. The molecule has 2 N–H and O–H groups in total. The topological polar surface area (TPSA) is 66.4 Å². The number of carbonyl (C=O) groups is 2. The maximum atomic E-state index is 12.7. The lowest BCUT2D eigenvalue weighted by Gasteiger charge is -2.14. The van der Waals surface area contributed by atoms with Crippen molar-refractivity contribution in [3.63, 3.8) is 0 Å². The number of halogens is 3. The van der Waals surface area contributed by atoms with Gasteiger partial charge in [-0.2, -0.15) is 13.2 Å². The van der Waals surface area contributed by atoms with Gasteiger partial charge in [-0.25, -0.2) is 0 Å². The van der Waals surface area contributed by atoms with E-state index in [1.165, 1.54) is 12.1 Å². The Morgan fingerprint density at radius 3 is 2.40 bits per heavy atom. The van der Waals surface area contributed by atoms with Crippen molar-refractivity contribution < 1.29 is 27.9 Å². The summed E-state index contributed by atoms with van der Waals surface area (Å²) in [6.45, 7) is 1.41. The van der Waals surface area contributed by atoms with Crippen LogP contribution in [0, 0.1) is 5.92 Å². The van der Waals surface area contributed by atoms with Crippen molar-refractivity contribution in [1.29, 1.82) is 0 Å². The minimum atomic E-state index is -4.63. The Labute approximate surface area is 113 Å². The molecular weight excluding hydrogens is 275 g/mol. The third kappa shape index (κ3) is 3.97. The lowest BCUT2D eigenvalue weighted by atomic mass is 10.0. The molecular formula is C13H14F3NO3. The molecule has 0 aliphatic rings. The predicted molar refractivity (Wildman–Crippen MR) is 65.2 cm³/mol. The zero-order chi connectivity index (χ0) is 15.3. The smallest absolute Gasteiger partial charge is 0.417 e. The standard InChI is InChI=1S/C13H14F3NO3/c1-2-8(12(19)20)7-17-11(18)9-5-3-4-6-10(9)13(14,15)16/h3-6,8H,2,7H2,1H3,(H,17,18)(H,19,20). The van der Waals surface area contributed by atoms with Crippen molar-refractivity contribution in [1.82, 2.24) is 5.32 Å². The molecule has 1 atom stereocenters. The number of hydrogen-bond acceptors (Lipinski definition) is 2. The first-order chi connectivity index (χ1) is 9.27. The number of carboxylic acid groups (broad SMARTS) is 1. The minimum absolute atomic E-state index is 0.211. The summed E-state index contributed by atoms with van der Waals surface area (Å²) in [6, 6.07) is 4.37. The number of rotatable bonds is 5. The maximum absolute atomic E-state index is 12.7. The zero-order valence-corrected chi connectivity index (χ0v) is 10.7. The van der Waals surface area contributed by atoms with Crippen LogP contribution < -0.4 is 5.32 Å². The van der Waals surface area contributed by atoms with Crippen molar-refractivity contribution >= 4 is 11.9 Å². The van der Waals surface area contributed by atoms with E-state index >= 15 is 0 Å². The fraction of sp³-hybridized carbons (Fsp3) is 0.385. The number of hydrogen-bond donors (Lipinski definition) is 2. The minimum Gasteiger partial charge on any atom is -0.481 e. The monoisotopic (exact) mass is 289 g/mol. The molecule has 0 fully saturated rings. The average Bonchev–Trinajstić information content (AvgIpc) is 2.37. The summed E-state index contributed by atoms with van der Waals surface area (Å²) in [4.78, 5) is 22.5. The van der Waals surface area contributed by atoms with Crippen molar-refractivity contribution in [2.75, 3.05) is 6.54 Å². The quantitative estimate of drug-likeness (QED) is 0.875. The Kier molecular flexibility index (Phi) is 5.12. The zero-order valence-electron chi connectivity index (χ0n) is 10.7. The highest BCUT2D eigenvalue weighted by Crippen LogP contribution is 2.31. The van der Waals surface area contributed by atoms with Crippen LogP contribution in [0.5, 0.6) is 0 Å². The molecule has 7 heteroatoms. The van der Waals surface area contributed by atoms with E-state index in [0.717, 1.165) is 12.1 Å². The Bertz CT molecular complexity index is 500. The molecule has 0 heterocycles. The van der Waals surface area contributed by atoms with Crippen LogP contribution in [0.3, 0.4) is 0 Å². The van der Waals surface area contributed by atoms with Gasteiger partial charge in [-0.3, -0.25) is 9.59 Å². The second-order valence-electron chi connectivity index (χ2n) is 4.20. The molecule has 0 saturated heterocycles. The van der Waals surface area contributed by atoms with Crippen molar-refractivity contribution in [3.05, 3.63) is 35.4 Å². The molecule has 1 rings (SSSR count). The number of carboxylic acids is 1. The summed E-state index contributed by atoms with van der Waals surface area (Å²) >= 11 is 0. The van der Waals surface area contributed by atoms with Crippen LogP contribution in [0.1, 0.15) is 29.3 Å². The lowest BCUT2D eigenvalue weighted by molar-refractivity contribution is -0.141. The number of alkyl halides is 3. The largest absolute Gasteiger partial charge is 0.481 e. The molecule has 20 heavy (non-hydrogen) atoms. The molecule has 0 aliphatic heterocycles. The van der Waals surface area contributed by atoms with E-state index in [1.54, 1.807) is 6.92 Å². The van der Waals surface area contributed by atoms with Crippen LogP contribution >= 0.6 is 0 Å². The molecule has 1 amide bonds. The Morgan fingerprint density at radius 2 is 1.90 bits per heavy atom. The summed E-state index contributed by atoms with van der Waals surface area (Å²) in [5.41, 5.74) is -1.55. The van der Waals surface area contributed by atoms with Crippen LogP contribution in [0.25, 0.3) is 0 Å². The van der Waals surface area contributed by atoms with E-state index in [1.807, 2.05) is 0 Å². The fourth-order valence-corrected chi connectivity index (χ4v) is 1.65. The van der Waals surface area contributed by atoms with Gasteiger partial charge < -0.3 is 10.4 Å². The number of aliphatic carboxylic acids is 1. The highest BCUT2D eigenvalue weighted by molar-refractivity contribution is 5.96. The molecule has 110 valence electrons. The molecule has 0 spiro atoms. The van der Waals surface area contributed by atoms with Gasteiger partial charge in [0.05, 0.1) is 17.0 Å². The molecule has 0 aliphatic carbocycles. The van der Waals surface area contributed by atoms with E-state index < -0.39 is 35.1 Å². The van der Waals surface area contributed by atoms with Gasteiger partial charge in [0, 0.05) is 6.54 Å². The van der Waals surface area contributed by atoms with Crippen LogP contribution in [-0.4, -0.2) is 23.5 Å². The normalized spacial score (nSPS) is 12.8. The van der Waals surface area contributed by atoms with Gasteiger partial charge in [0.2, 0.25) is 0 Å². The molecule has 0 radical (unpaired) electrons. The molecule has 1 aromatic carbocycles. The van der Waals surface area contributed by atoms with Gasteiger partial charge in [0.15, 0.2) is 0 Å². The average molecular weight is 289 g/mol. The molecule has 4 nitrogen and oxygen atoms in total. The molecule has 0 saturated carbocycles. The second-order valence-corrected chi connectivity index (χ2v) is 4.20. The third-order valence-electron chi connectivity index (χ3n) is 2.83. The van der Waals surface area contributed by atoms with Gasteiger partial charge in [0.25, 0.3) is 5.91 Å². The summed E-state index contributed by atoms with van der Waals surface area (Å²) in [7, 11) is 0. The molecule has 0 aromatic heterocycles. The van der Waals surface area contributed by atoms with Crippen LogP contribution in [0.15, 0.2) is 24.3 Å². The van der Waals surface area contributed by atoms with Crippen molar-refractivity contribution in [2.45, 2.75) is 19.5 Å². The number of carbonyl (C=O) groups excluding carboxylic acids is 1. The predicted octanol–water partition coefficient (Wildman–Crippen LogP) is 2.55. The van der Waals surface area contributed by atoms with E-state index in [-0.39, 0.29) is 13.0 Å². The van der Waals surface area contributed by atoms with E-state index in [2.05, 4.69) is 5.32 Å². The first kappa shape index (κ1) is 16.0. The highest BCUT2D eigenvalue weighted by Gasteiger charge is 2.34. The van der Waals surface area contributed by atoms with Gasteiger partial charge in [-0.15, -0.1) is 0 Å². The SMILES string of the molecule is CCC(CNC(=O)c1ccccc1C(F)(F)F)C(=O)O. The molecule has 0 bridgehead atoms. The summed E-state index contributed by atoms with van der Waals surface area (Å²) in [5, 5.41) is 11.0. The number of amides is 1. The highest BCUT2D eigenvalue weighted by atomic mass is 19.4. The van der Waals surface area contributed by atoms with Crippen molar-refractivity contribution in [2.24, 2.45) is 5.92 Å². The van der Waals surface area contributed by atoms with E-state index in [9.17, 15) is 22.8 Å². The number of benzene rings is 1. The Morgan fingerprint density at radius 1 is 1.30 bits per heavy atom. The fourth-order valence-electron chi connectivity index (χ4n) is 1.65. The van der Waals surface area contributed by atoms with Crippen molar-refractivity contribution in [3.8, 4) is 0 Å². The molecule has 1 unspecified atom stereocenters. The summed E-state index contributed by atoms with van der Waals surface area (Å²) in [6.07, 6.45) is -4.36. The first-order valence-electron chi connectivity index (χ1n) is 5.94. The summed E-state index contributed by atoms with van der Waals surface area (Å²) < 4.78 is 38.2. The van der Waals surface area contributed by atoms with Crippen LogP contribution in [0.2, 0.25) is 0 Å². The maximum Gasteiger partial charge on any atom is 0.417 e. The first-order valence-corrected chi connectivity index (χ1v) is 5.94. The Hall–Kier alpha value is -2.05. The number of nitrogens with one attached hydrogen (secondary N) is 1. The lowest BCUT2D eigenvalue weighted by Crippen LogP contribution is -2.33. The third-order valence-corrected chi connectivity index (χ3v) is 2.83. The van der Waals surface area contributed by atoms with Gasteiger partial charge in [-0.05, 0) is 18.6 Å². The van der Waals surface area contributed by atoms with E-state index in [0.29, 0.717) is 0 Å². The van der Waals surface area contributed by atoms with Crippen LogP contribution in [0.4, 0.5) is 13.2 Å². The van der Waals surface area contributed by atoms with Gasteiger partial charge >= 0.3 is 12.1 Å². The second kappa shape index (κ2) is 6.40. The Balaban J connectivity index is 2.86.